The molecule has 0 unspecified atom stereocenters. The molecule has 8 nitrogen and oxygen atoms in total. The van der Waals surface area contributed by atoms with Crippen LogP contribution >= 0.6 is 23.2 Å². The maximum atomic E-state index is 14.7. The highest BCUT2D eigenvalue weighted by molar-refractivity contribution is 7.92. The number of para-hydroxylation sites is 1. The minimum atomic E-state index is -4.28. The van der Waals surface area contributed by atoms with Crippen molar-refractivity contribution >= 4 is 50.7 Å². The van der Waals surface area contributed by atoms with Crippen molar-refractivity contribution in [1.82, 2.24) is 10.2 Å². The summed E-state index contributed by atoms with van der Waals surface area (Å²) in [6.07, 6.45) is 0.173. The summed E-state index contributed by atoms with van der Waals surface area (Å²) >= 11 is 12.8. The molecule has 0 radical (unpaired) electrons. The summed E-state index contributed by atoms with van der Waals surface area (Å²) in [4.78, 5) is 30.0. The molecular formula is C40H39Cl2N3O5S. The summed E-state index contributed by atoms with van der Waals surface area (Å²) in [5.41, 5.74) is 2.48. The van der Waals surface area contributed by atoms with Gasteiger partial charge < -0.3 is 15.0 Å². The third-order valence-corrected chi connectivity index (χ3v) is 10.4. The smallest absolute Gasteiger partial charge is 0.264 e. The zero-order valence-electron chi connectivity index (χ0n) is 28.5. The number of carbonyl (C=O) groups is 2. The maximum Gasteiger partial charge on any atom is 0.264 e. The predicted molar refractivity (Wildman–Crippen MR) is 203 cm³/mol. The second-order valence-electron chi connectivity index (χ2n) is 12.4. The molecule has 0 heterocycles. The second-order valence-corrected chi connectivity index (χ2v) is 15.1. The third kappa shape index (κ3) is 9.91. The molecule has 11 heteroatoms. The average molecular weight is 745 g/mol. The molecule has 0 aromatic heterocycles. The van der Waals surface area contributed by atoms with Crippen LogP contribution in [0.1, 0.15) is 30.5 Å². The molecule has 51 heavy (non-hydrogen) atoms. The van der Waals surface area contributed by atoms with Crippen LogP contribution in [-0.4, -0.2) is 43.8 Å². The van der Waals surface area contributed by atoms with Crippen LogP contribution in [0.15, 0.2) is 132 Å². The summed E-state index contributed by atoms with van der Waals surface area (Å²) in [5.74, 6) is 0.102. The molecule has 5 aromatic rings. The van der Waals surface area contributed by atoms with Gasteiger partial charge in [0.1, 0.15) is 24.1 Å². The van der Waals surface area contributed by atoms with Gasteiger partial charge in [-0.15, -0.1) is 0 Å². The van der Waals surface area contributed by atoms with Gasteiger partial charge in [0.25, 0.3) is 10.0 Å². The Morgan fingerprint density at radius 2 is 1.39 bits per heavy atom. The van der Waals surface area contributed by atoms with Crippen LogP contribution in [-0.2, 0) is 32.6 Å². The number of nitrogens with one attached hydrogen (secondary N) is 1. The zero-order chi connectivity index (χ0) is 36.5. The van der Waals surface area contributed by atoms with E-state index in [4.69, 9.17) is 27.9 Å². The Kier molecular flexibility index (Phi) is 12.4. The van der Waals surface area contributed by atoms with E-state index in [1.165, 1.54) is 17.0 Å². The van der Waals surface area contributed by atoms with Crippen molar-refractivity contribution in [2.24, 2.45) is 0 Å². The van der Waals surface area contributed by atoms with Crippen LogP contribution in [0.3, 0.4) is 0 Å². The Morgan fingerprint density at radius 1 is 0.784 bits per heavy atom. The number of amides is 2. The van der Waals surface area contributed by atoms with E-state index in [1.54, 1.807) is 54.6 Å². The Bertz CT molecular complexity index is 2040. The molecule has 1 N–H and O–H groups in total. The molecular weight excluding hydrogens is 705 g/mol. The van der Waals surface area contributed by atoms with E-state index in [-0.39, 0.29) is 35.5 Å². The normalized spacial score (nSPS) is 11.9. The lowest BCUT2D eigenvalue weighted by atomic mass is 10.0. The lowest BCUT2D eigenvalue weighted by molar-refractivity contribution is -0.140. The van der Waals surface area contributed by atoms with E-state index in [0.717, 1.165) is 15.4 Å². The fourth-order valence-electron chi connectivity index (χ4n) is 5.44. The summed E-state index contributed by atoms with van der Waals surface area (Å²) in [6.45, 7) is 4.83. The molecule has 0 aliphatic carbocycles. The summed E-state index contributed by atoms with van der Waals surface area (Å²) < 4.78 is 35.8. The molecule has 264 valence electrons. The molecule has 2 amide bonds. The third-order valence-electron chi connectivity index (χ3n) is 8.05. The van der Waals surface area contributed by atoms with Gasteiger partial charge >= 0.3 is 0 Å². The Hall–Kier alpha value is -4.83. The van der Waals surface area contributed by atoms with Crippen LogP contribution in [0.25, 0.3) is 0 Å². The maximum absolute atomic E-state index is 14.7. The van der Waals surface area contributed by atoms with E-state index in [9.17, 15) is 18.0 Å². The van der Waals surface area contributed by atoms with Gasteiger partial charge in [0.2, 0.25) is 11.8 Å². The van der Waals surface area contributed by atoms with Gasteiger partial charge in [0.15, 0.2) is 0 Å². The van der Waals surface area contributed by atoms with Crippen molar-refractivity contribution in [3.8, 4) is 11.5 Å². The monoisotopic (exact) mass is 743 g/mol. The van der Waals surface area contributed by atoms with Crippen molar-refractivity contribution in [3.63, 3.8) is 0 Å². The van der Waals surface area contributed by atoms with Crippen molar-refractivity contribution < 1.29 is 22.7 Å². The molecule has 0 aliphatic rings. The number of carbonyl (C=O) groups excluding carboxylic acids is 2. The Balaban J connectivity index is 1.57. The molecule has 5 rings (SSSR count). The van der Waals surface area contributed by atoms with E-state index < -0.39 is 28.5 Å². The van der Waals surface area contributed by atoms with Crippen molar-refractivity contribution in [3.05, 3.63) is 154 Å². The van der Waals surface area contributed by atoms with Gasteiger partial charge in [0.05, 0.1) is 10.6 Å². The number of hydrogen-bond donors (Lipinski definition) is 1. The molecule has 0 spiro atoms. The topological polar surface area (TPSA) is 96.0 Å². The molecule has 0 bridgehead atoms. The molecule has 5 aromatic carbocycles. The minimum absolute atomic E-state index is 0.0104. The van der Waals surface area contributed by atoms with Gasteiger partial charge in [0, 0.05) is 29.1 Å². The first-order valence-corrected chi connectivity index (χ1v) is 18.6. The van der Waals surface area contributed by atoms with Crippen LogP contribution in [0.4, 0.5) is 5.69 Å². The first-order valence-electron chi connectivity index (χ1n) is 16.4. The SMILES string of the molecule is Cc1ccc(S(=O)(=O)N(CC(=O)N(Cc2ccc(Cl)cc2Cl)[C@@H](Cc2ccccc2)C(=O)NC(C)C)c2ccc(Oc3ccccc3)cc2)cc1. The number of halogens is 2. The number of rotatable bonds is 14. The first-order chi connectivity index (χ1) is 24.4. The number of aryl methyl sites for hydroxylation is 1. The number of hydrogen-bond acceptors (Lipinski definition) is 5. The Labute approximate surface area is 309 Å². The van der Waals surface area contributed by atoms with E-state index >= 15 is 0 Å². The van der Waals surface area contributed by atoms with Gasteiger partial charge in [-0.25, -0.2) is 8.42 Å². The highest BCUT2D eigenvalue weighted by atomic mass is 35.5. The minimum Gasteiger partial charge on any atom is -0.457 e. The van der Waals surface area contributed by atoms with Crippen LogP contribution < -0.4 is 14.4 Å². The van der Waals surface area contributed by atoms with Crippen LogP contribution in [0, 0.1) is 6.92 Å². The standard InChI is InChI=1S/C40H39Cl2N3O5S/c1-28(2)43-40(47)38(24-30-10-6-4-7-11-30)44(26-31-16-17-32(41)25-37(31)42)39(46)27-45(51(48,49)36-22-14-29(3)15-23-36)33-18-20-35(21-19-33)50-34-12-8-5-9-13-34/h4-23,25,28,38H,24,26-27H2,1-3H3,(H,43,47)/t38-/m0/s1. The predicted octanol–water partition coefficient (Wildman–Crippen LogP) is 8.45. The number of sulfonamides is 1. The van der Waals surface area contributed by atoms with E-state index in [2.05, 4.69) is 5.32 Å². The molecule has 0 saturated heterocycles. The fraction of sp³-hybridized carbons (Fsp3) is 0.200. The lowest BCUT2D eigenvalue weighted by Crippen LogP contribution is -2.54. The van der Waals surface area contributed by atoms with Gasteiger partial charge in [-0.3, -0.25) is 13.9 Å². The highest BCUT2D eigenvalue weighted by Crippen LogP contribution is 2.30. The summed E-state index contributed by atoms with van der Waals surface area (Å²) in [7, 11) is -4.28. The van der Waals surface area contributed by atoms with Gasteiger partial charge in [-0.05, 0) is 92.6 Å². The molecule has 0 saturated carbocycles. The second kappa shape index (κ2) is 16.9. The van der Waals surface area contributed by atoms with E-state index in [0.29, 0.717) is 27.1 Å². The summed E-state index contributed by atoms with van der Waals surface area (Å²) in [5, 5.41) is 3.67. The number of anilines is 1. The number of nitrogens with zero attached hydrogens (tertiary/aromatic N) is 2. The quantitative estimate of drug-likeness (QED) is 0.123. The first kappa shape index (κ1) is 37.4. The van der Waals surface area contributed by atoms with Gasteiger partial charge in [-0.1, -0.05) is 95.5 Å². The van der Waals surface area contributed by atoms with E-state index in [1.807, 2.05) is 81.4 Å². The van der Waals surface area contributed by atoms with Crippen molar-refractivity contribution in [2.45, 2.75) is 50.7 Å². The molecule has 0 aliphatic heterocycles. The van der Waals surface area contributed by atoms with Crippen LogP contribution in [0.2, 0.25) is 10.0 Å². The highest BCUT2D eigenvalue weighted by Gasteiger charge is 2.35. The van der Waals surface area contributed by atoms with Crippen LogP contribution in [0.5, 0.6) is 11.5 Å². The lowest BCUT2D eigenvalue weighted by Gasteiger charge is -2.34. The molecule has 0 fully saturated rings. The van der Waals surface area contributed by atoms with Gasteiger partial charge in [-0.2, -0.15) is 0 Å². The summed E-state index contributed by atoms with van der Waals surface area (Å²) in [6, 6.07) is 35.1. The number of ether oxygens (including phenoxy) is 1. The number of benzene rings is 5. The largest absolute Gasteiger partial charge is 0.457 e. The van der Waals surface area contributed by atoms with Crippen molar-refractivity contribution in [2.75, 3.05) is 10.8 Å². The Morgan fingerprint density at radius 3 is 2.00 bits per heavy atom. The average Bonchev–Trinajstić information content (AvgIpc) is 3.10. The van der Waals surface area contributed by atoms with Crippen molar-refractivity contribution in [1.29, 1.82) is 0 Å². The zero-order valence-corrected chi connectivity index (χ0v) is 30.8. The fourth-order valence-corrected chi connectivity index (χ4v) is 7.32. The molecule has 1 atom stereocenters.